The molecule has 5 heteroatoms. The number of fused-ring (bicyclic) bond motifs is 2. The largest absolute Gasteiger partial charge is 0.379 e. The van der Waals surface area contributed by atoms with Crippen molar-refractivity contribution >= 4 is 28.9 Å². The number of hydrogen-bond acceptors (Lipinski definition) is 3. The summed E-state index contributed by atoms with van der Waals surface area (Å²) in [6.07, 6.45) is 2.47. The Balaban J connectivity index is 1.80. The highest BCUT2D eigenvalue weighted by Gasteiger charge is 2.34. The number of piperidine rings is 1. The van der Waals surface area contributed by atoms with Gasteiger partial charge in [-0.3, -0.25) is 0 Å². The van der Waals surface area contributed by atoms with Gasteiger partial charge in [-0.2, -0.15) is 0 Å². The predicted molar refractivity (Wildman–Crippen MR) is 75.6 cm³/mol. The lowest BCUT2D eigenvalue weighted by molar-refractivity contribution is 0.255. The number of aromatic nitrogens is 1. The van der Waals surface area contributed by atoms with Crippen molar-refractivity contribution in [1.29, 1.82) is 0 Å². The Kier molecular flexibility index (Phi) is 3.39. The van der Waals surface area contributed by atoms with Crippen LogP contribution in [-0.4, -0.2) is 35.6 Å². The van der Waals surface area contributed by atoms with E-state index in [1.54, 1.807) is 0 Å². The van der Waals surface area contributed by atoms with Gasteiger partial charge in [0.15, 0.2) is 5.15 Å². The van der Waals surface area contributed by atoms with E-state index in [1.165, 1.54) is 32.5 Å². The fourth-order valence-corrected chi connectivity index (χ4v) is 3.68. The summed E-state index contributed by atoms with van der Waals surface area (Å²) in [5, 5.41) is 4.54. The molecule has 0 amide bonds. The number of nitrogens with zero attached hydrogens (tertiary/aromatic N) is 2. The van der Waals surface area contributed by atoms with Crippen LogP contribution in [0.4, 0.5) is 5.69 Å². The molecule has 2 aliphatic rings. The molecule has 2 fully saturated rings. The summed E-state index contributed by atoms with van der Waals surface area (Å²) in [6.45, 7) is 5.67. The van der Waals surface area contributed by atoms with Gasteiger partial charge in [0.2, 0.25) is 0 Å². The van der Waals surface area contributed by atoms with Crippen molar-refractivity contribution in [3.05, 3.63) is 21.9 Å². The average molecular weight is 286 g/mol. The number of hydrogen-bond donors (Lipinski definition) is 1. The molecular formula is C13H17Cl2N3. The van der Waals surface area contributed by atoms with Crippen molar-refractivity contribution in [1.82, 2.24) is 9.88 Å². The van der Waals surface area contributed by atoms with Gasteiger partial charge in [-0.1, -0.05) is 23.2 Å². The minimum Gasteiger partial charge on any atom is -0.379 e. The van der Waals surface area contributed by atoms with E-state index in [9.17, 15) is 0 Å². The third kappa shape index (κ3) is 2.31. The highest BCUT2D eigenvalue weighted by atomic mass is 35.5. The van der Waals surface area contributed by atoms with Gasteiger partial charge in [-0.05, 0) is 43.9 Å². The van der Waals surface area contributed by atoms with Gasteiger partial charge in [0.05, 0.1) is 5.69 Å². The normalized spacial score (nSPS) is 30.5. The van der Waals surface area contributed by atoms with Crippen LogP contribution in [0, 0.1) is 12.8 Å². The smallest absolute Gasteiger partial charge is 0.154 e. The van der Waals surface area contributed by atoms with Crippen molar-refractivity contribution in [3.8, 4) is 0 Å². The fourth-order valence-electron chi connectivity index (χ4n) is 3.10. The van der Waals surface area contributed by atoms with Crippen molar-refractivity contribution in [2.45, 2.75) is 25.8 Å². The summed E-state index contributed by atoms with van der Waals surface area (Å²) in [5.74, 6) is 0.741. The molecular weight excluding hydrogens is 269 g/mol. The highest BCUT2D eigenvalue weighted by molar-refractivity contribution is 6.34. The van der Waals surface area contributed by atoms with E-state index < -0.39 is 0 Å². The van der Waals surface area contributed by atoms with E-state index in [4.69, 9.17) is 23.2 Å². The molecule has 1 aromatic rings. The van der Waals surface area contributed by atoms with Crippen molar-refractivity contribution < 1.29 is 0 Å². The zero-order chi connectivity index (χ0) is 12.7. The lowest BCUT2D eigenvalue weighted by Crippen LogP contribution is -2.39. The number of rotatable bonds is 2. The maximum absolute atomic E-state index is 6.19. The summed E-state index contributed by atoms with van der Waals surface area (Å²) < 4.78 is 0. The van der Waals surface area contributed by atoms with Crippen LogP contribution in [0.1, 0.15) is 18.4 Å². The lowest BCUT2D eigenvalue weighted by Gasteiger charge is -2.32. The molecule has 0 aromatic carbocycles. The van der Waals surface area contributed by atoms with Crippen LogP contribution in [-0.2, 0) is 0 Å². The molecule has 0 saturated carbocycles. The molecule has 2 bridgehead atoms. The van der Waals surface area contributed by atoms with Gasteiger partial charge in [-0.25, -0.2) is 4.98 Å². The zero-order valence-corrected chi connectivity index (χ0v) is 11.9. The molecule has 18 heavy (non-hydrogen) atoms. The summed E-state index contributed by atoms with van der Waals surface area (Å²) in [5.41, 5.74) is 2.02. The monoisotopic (exact) mass is 285 g/mol. The van der Waals surface area contributed by atoms with Crippen LogP contribution in [0.25, 0.3) is 0 Å². The van der Waals surface area contributed by atoms with Gasteiger partial charge >= 0.3 is 0 Å². The van der Waals surface area contributed by atoms with E-state index in [-0.39, 0.29) is 0 Å². The SMILES string of the molecule is Cc1cc(Cl)nc(Cl)c1NC1CCN2CCC1C2. The fraction of sp³-hybridized carbons (Fsp3) is 0.615. The third-order valence-corrected chi connectivity index (χ3v) is 4.57. The molecule has 2 aliphatic heterocycles. The van der Waals surface area contributed by atoms with Crippen LogP contribution in [0.5, 0.6) is 0 Å². The van der Waals surface area contributed by atoms with Gasteiger partial charge in [0.25, 0.3) is 0 Å². The number of halogens is 2. The van der Waals surface area contributed by atoms with Crippen LogP contribution >= 0.6 is 23.2 Å². The van der Waals surface area contributed by atoms with Gasteiger partial charge in [-0.15, -0.1) is 0 Å². The van der Waals surface area contributed by atoms with E-state index in [0.29, 0.717) is 16.3 Å². The van der Waals surface area contributed by atoms with Crippen LogP contribution < -0.4 is 5.32 Å². The molecule has 0 radical (unpaired) electrons. The van der Waals surface area contributed by atoms with Crippen molar-refractivity contribution in [3.63, 3.8) is 0 Å². The molecule has 0 spiro atoms. The number of aryl methyl sites for hydroxylation is 1. The zero-order valence-electron chi connectivity index (χ0n) is 10.4. The first kappa shape index (κ1) is 12.5. The minimum absolute atomic E-state index is 0.457. The Bertz CT molecular complexity index is 441. The molecule has 3 nitrogen and oxygen atoms in total. The first-order valence-electron chi connectivity index (χ1n) is 6.45. The lowest BCUT2D eigenvalue weighted by atomic mass is 9.94. The summed E-state index contributed by atoms with van der Waals surface area (Å²) >= 11 is 12.1. The third-order valence-electron chi connectivity index (χ3n) is 4.11. The maximum atomic E-state index is 6.19. The standard InChI is InChI=1S/C13H17Cl2N3/c1-8-6-11(14)17-13(15)12(8)16-10-3-5-18-4-2-9(10)7-18/h6,9-10,16H,2-5,7H2,1H3. The van der Waals surface area contributed by atoms with E-state index in [2.05, 4.69) is 15.2 Å². The molecule has 3 unspecified atom stereocenters. The molecule has 0 aliphatic carbocycles. The molecule has 3 heterocycles. The first-order chi connectivity index (χ1) is 8.63. The van der Waals surface area contributed by atoms with Gasteiger partial charge in [0, 0.05) is 19.1 Å². The molecule has 2 saturated heterocycles. The van der Waals surface area contributed by atoms with Gasteiger partial charge in [0.1, 0.15) is 5.15 Å². The van der Waals surface area contributed by atoms with E-state index in [1.807, 2.05) is 13.0 Å². The Hall–Kier alpha value is -0.510. The summed E-state index contributed by atoms with van der Waals surface area (Å²) in [7, 11) is 0. The number of pyridine rings is 1. The first-order valence-corrected chi connectivity index (χ1v) is 7.20. The van der Waals surface area contributed by atoms with Crippen LogP contribution in [0.2, 0.25) is 10.3 Å². The van der Waals surface area contributed by atoms with Crippen molar-refractivity contribution in [2.75, 3.05) is 25.0 Å². The number of anilines is 1. The van der Waals surface area contributed by atoms with Crippen LogP contribution in [0.3, 0.4) is 0 Å². The van der Waals surface area contributed by atoms with Crippen LogP contribution in [0.15, 0.2) is 6.07 Å². The second-order valence-electron chi connectivity index (χ2n) is 5.32. The van der Waals surface area contributed by atoms with E-state index >= 15 is 0 Å². The molecule has 3 rings (SSSR count). The quantitative estimate of drug-likeness (QED) is 0.846. The molecule has 1 N–H and O–H groups in total. The minimum atomic E-state index is 0.457. The maximum Gasteiger partial charge on any atom is 0.154 e. The molecule has 98 valence electrons. The average Bonchev–Trinajstić information content (AvgIpc) is 2.69. The Morgan fingerprint density at radius 1 is 1.33 bits per heavy atom. The predicted octanol–water partition coefficient (Wildman–Crippen LogP) is 3.20. The second-order valence-corrected chi connectivity index (χ2v) is 6.06. The Morgan fingerprint density at radius 3 is 2.89 bits per heavy atom. The van der Waals surface area contributed by atoms with Gasteiger partial charge < -0.3 is 10.2 Å². The second kappa shape index (κ2) is 4.87. The molecule has 3 atom stereocenters. The summed E-state index contributed by atoms with van der Waals surface area (Å²) in [6, 6.07) is 2.38. The topological polar surface area (TPSA) is 28.2 Å². The summed E-state index contributed by atoms with van der Waals surface area (Å²) in [4.78, 5) is 6.66. The Morgan fingerprint density at radius 2 is 2.11 bits per heavy atom. The molecule has 1 aromatic heterocycles. The Labute approximate surface area is 117 Å². The number of nitrogens with one attached hydrogen (secondary N) is 1. The van der Waals surface area contributed by atoms with E-state index in [0.717, 1.165) is 17.2 Å². The van der Waals surface area contributed by atoms with Crippen molar-refractivity contribution in [2.24, 2.45) is 5.92 Å². The highest BCUT2D eigenvalue weighted by Crippen LogP contribution is 2.33.